The molecular weight excluding hydrogens is 286 g/mol. The summed E-state index contributed by atoms with van der Waals surface area (Å²) in [6, 6.07) is 7.76. The van der Waals surface area contributed by atoms with Crippen LogP contribution in [0.5, 0.6) is 0 Å². The first-order valence-corrected chi connectivity index (χ1v) is 9.09. The lowest BCUT2D eigenvalue weighted by molar-refractivity contribution is -0.126. The van der Waals surface area contributed by atoms with Crippen LogP contribution in [0, 0.1) is 0 Å². The van der Waals surface area contributed by atoms with Gasteiger partial charge in [0.25, 0.3) is 0 Å². The van der Waals surface area contributed by atoms with Crippen molar-refractivity contribution in [1.29, 1.82) is 0 Å². The van der Waals surface area contributed by atoms with Crippen molar-refractivity contribution in [1.82, 2.24) is 0 Å². The highest BCUT2D eigenvalue weighted by Gasteiger charge is 2.24. The van der Waals surface area contributed by atoms with Gasteiger partial charge in [-0.05, 0) is 30.9 Å². The lowest BCUT2D eigenvalue weighted by atomic mass is 10.1. The summed E-state index contributed by atoms with van der Waals surface area (Å²) in [7, 11) is 0. The Morgan fingerprint density at radius 1 is 0.826 bits per heavy atom. The predicted octanol–water partition coefficient (Wildman–Crippen LogP) is 5.27. The van der Waals surface area contributed by atoms with E-state index in [-0.39, 0.29) is 11.8 Å². The first-order chi connectivity index (χ1) is 11.2. The number of carbonyl (C=O) groups is 2. The molecule has 1 aromatic rings. The number of hydrogen-bond acceptors (Lipinski definition) is 2. The third-order valence-corrected chi connectivity index (χ3v) is 4.10. The van der Waals surface area contributed by atoms with Crippen molar-refractivity contribution in [2.24, 2.45) is 0 Å². The molecule has 1 rings (SSSR count). The first-order valence-electron chi connectivity index (χ1n) is 9.09. The lowest BCUT2D eigenvalue weighted by Crippen LogP contribution is -2.37. The van der Waals surface area contributed by atoms with Crippen LogP contribution in [0.3, 0.4) is 0 Å². The van der Waals surface area contributed by atoms with E-state index in [2.05, 4.69) is 20.8 Å². The highest BCUT2D eigenvalue weighted by Crippen LogP contribution is 2.24. The number of benzene rings is 1. The Morgan fingerprint density at radius 2 is 1.35 bits per heavy atom. The number of unbranched alkanes of at least 4 members (excludes halogenated alkanes) is 4. The molecule has 1 aromatic carbocycles. The summed E-state index contributed by atoms with van der Waals surface area (Å²) in [5.41, 5.74) is 1.83. The third-order valence-electron chi connectivity index (χ3n) is 4.10. The van der Waals surface area contributed by atoms with Crippen molar-refractivity contribution in [3.63, 3.8) is 0 Å². The van der Waals surface area contributed by atoms with Crippen molar-refractivity contribution >= 4 is 17.5 Å². The molecule has 3 nitrogen and oxygen atoms in total. The molecule has 0 aromatic heterocycles. The molecule has 0 radical (unpaired) electrons. The van der Waals surface area contributed by atoms with E-state index in [1.54, 1.807) is 0 Å². The van der Waals surface area contributed by atoms with E-state index in [1.165, 1.54) is 4.90 Å². The monoisotopic (exact) mass is 317 g/mol. The quantitative estimate of drug-likeness (QED) is 0.551. The summed E-state index contributed by atoms with van der Waals surface area (Å²) in [6.45, 7) is 6.29. The first kappa shape index (κ1) is 19.4. The van der Waals surface area contributed by atoms with E-state index in [0.717, 1.165) is 56.2 Å². The van der Waals surface area contributed by atoms with Crippen LogP contribution in [0.25, 0.3) is 0 Å². The molecule has 128 valence electrons. The van der Waals surface area contributed by atoms with E-state index >= 15 is 0 Å². The van der Waals surface area contributed by atoms with Crippen LogP contribution in [0.1, 0.15) is 77.7 Å². The maximum atomic E-state index is 12.7. The normalized spacial score (nSPS) is 10.6. The molecule has 3 heteroatoms. The van der Waals surface area contributed by atoms with Crippen LogP contribution in [0.4, 0.5) is 5.69 Å². The third kappa shape index (κ3) is 6.17. The number of amides is 2. The largest absolute Gasteiger partial charge is 0.274 e. The van der Waals surface area contributed by atoms with E-state index < -0.39 is 0 Å². The number of anilines is 1. The number of para-hydroxylation sites is 1. The molecule has 0 heterocycles. The number of hydrogen-bond donors (Lipinski definition) is 0. The number of rotatable bonds is 10. The highest BCUT2D eigenvalue weighted by molar-refractivity contribution is 6.15. The Balaban J connectivity index is 2.95. The molecule has 0 saturated carbocycles. The minimum absolute atomic E-state index is 0.0548. The fraction of sp³-hybridized carbons (Fsp3) is 0.600. The summed E-state index contributed by atoms with van der Waals surface area (Å²) in [5.74, 6) is -0.110. The van der Waals surface area contributed by atoms with Gasteiger partial charge in [-0.3, -0.25) is 14.5 Å². The van der Waals surface area contributed by atoms with Crippen LogP contribution in [0.15, 0.2) is 24.3 Å². The second kappa shape index (κ2) is 11.0. The van der Waals surface area contributed by atoms with Crippen LogP contribution < -0.4 is 4.90 Å². The molecule has 23 heavy (non-hydrogen) atoms. The summed E-state index contributed by atoms with van der Waals surface area (Å²) in [6.07, 6.45) is 7.61. The Bertz CT molecular complexity index is 474. The highest BCUT2D eigenvalue weighted by atomic mass is 16.2. The van der Waals surface area contributed by atoms with Gasteiger partial charge in [0, 0.05) is 12.8 Å². The molecule has 0 atom stereocenters. The van der Waals surface area contributed by atoms with Gasteiger partial charge >= 0.3 is 0 Å². The van der Waals surface area contributed by atoms with Gasteiger partial charge in [0.1, 0.15) is 0 Å². The van der Waals surface area contributed by atoms with Gasteiger partial charge < -0.3 is 0 Å². The lowest BCUT2D eigenvalue weighted by Gasteiger charge is -2.23. The van der Waals surface area contributed by atoms with Gasteiger partial charge in [-0.15, -0.1) is 0 Å². The summed E-state index contributed by atoms with van der Waals surface area (Å²) in [5, 5.41) is 0. The smallest absolute Gasteiger partial charge is 0.233 e. The second-order valence-corrected chi connectivity index (χ2v) is 6.02. The van der Waals surface area contributed by atoms with Crippen LogP contribution >= 0.6 is 0 Å². The van der Waals surface area contributed by atoms with Gasteiger partial charge in [-0.2, -0.15) is 0 Å². The number of nitrogens with zero attached hydrogens (tertiary/aromatic N) is 1. The second-order valence-electron chi connectivity index (χ2n) is 6.02. The fourth-order valence-corrected chi connectivity index (χ4v) is 2.71. The fourth-order valence-electron chi connectivity index (χ4n) is 2.71. The Morgan fingerprint density at radius 3 is 1.83 bits per heavy atom. The minimum Gasteiger partial charge on any atom is -0.274 e. The van der Waals surface area contributed by atoms with Crippen LogP contribution in [0.2, 0.25) is 0 Å². The van der Waals surface area contributed by atoms with Crippen molar-refractivity contribution in [3.05, 3.63) is 29.8 Å². The van der Waals surface area contributed by atoms with Gasteiger partial charge in [0.2, 0.25) is 11.8 Å². The van der Waals surface area contributed by atoms with Gasteiger partial charge in [-0.1, -0.05) is 64.7 Å². The number of carbonyl (C=O) groups excluding carboxylic acids is 2. The maximum absolute atomic E-state index is 12.7. The average molecular weight is 317 g/mol. The van der Waals surface area contributed by atoms with Crippen molar-refractivity contribution < 1.29 is 9.59 Å². The molecule has 0 bridgehead atoms. The Kier molecular flexibility index (Phi) is 9.27. The summed E-state index contributed by atoms with van der Waals surface area (Å²) >= 11 is 0. The zero-order valence-electron chi connectivity index (χ0n) is 14.9. The number of aryl methyl sites for hydroxylation is 1. The molecule has 0 spiro atoms. The summed E-state index contributed by atoms with van der Waals surface area (Å²) < 4.78 is 0. The predicted molar refractivity (Wildman–Crippen MR) is 96.6 cm³/mol. The standard InChI is InChI=1S/C20H31NO2/c1-4-7-9-15-19(22)21(20(23)16-10-8-5-2)18-14-12-11-13-17(18)6-3/h11-14H,4-10,15-16H2,1-3H3. The minimum atomic E-state index is -0.0548. The molecule has 0 fully saturated rings. The summed E-state index contributed by atoms with van der Waals surface area (Å²) in [4.78, 5) is 26.8. The van der Waals surface area contributed by atoms with Crippen molar-refractivity contribution in [2.45, 2.75) is 78.6 Å². The van der Waals surface area contributed by atoms with Crippen molar-refractivity contribution in [2.75, 3.05) is 4.90 Å². The molecule has 0 aliphatic heterocycles. The van der Waals surface area contributed by atoms with E-state index in [0.29, 0.717) is 12.8 Å². The SMILES string of the molecule is CCCCCC(=O)N(C(=O)CCCCC)c1ccccc1CC. The number of imide groups is 1. The molecule has 0 N–H and O–H groups in total. The molecular formula is C20H31NO2. The Labute approximate surface area is 141 Å². The van der Waals surface area contributed by atoms with E-state index in [1.807, 2.05) is 24.3 Å². The van der Waals surface area contributed by atoms with E-state index in [9.17, 15) is 9.59 Å². The van der Waals surface area contributed by atoms with Gasteiger partial charge in [0.15, 0.2) is 0 Å². The van der Waals surface area contributed by atoms with Crippen LogP contribution in [-0.4, -0.2) is 11.8 Å². The van der Waals surface area contributed by atoms with Gasteiger partial charge in [-0.25, -0.2) is 0 Å². The van der Waals surface area contributed by atoms with Crippen molar-refractivity contribution in [3.8, 4) is 0 Å². The molecule has 0 aliphatic carbocycles. The zero-order valence-corrected chi connectivity index (χ0v) is 14.9. The Hall–Kier alpha value is -1.64. The van der Waals surface area contributed by atoms with E-state index in [4.69, 9.17) is 0 Å². The molecule has 2 amide bonds. The molecule has 0 aliphatic rings. The maximum Gasteiger partial charge on any atom is 0.233 e. The topological polar surface area (TPSA) is 37.4 Å². The molecule has 0 unspecified atom stereocenters. The van der Waals surface area contributed by atoms with Crippen LogP contribution in [-0.2, 0) is 16.0 Å². The molecule has 0 saturated heterocycles. The average Bonchev–Trinajstić information content (AvgIpc) is 2.56. The zero-order chi connectivity index (χ0) is 17.1. The van der Waals surface area contributed by atoms with Gasteiger partial charge in [0.05, 0.1) is 5.69 Å².